The van der Waals surface area contributed by atoms with Crippen LogP contribution in [0.5, 0.6) is 5.75 Å². The number of anilines is 1. The van der Waals surface area contributed by atoms with E-state index in [2.05, 4.69) is 5.32 Å². The standard InChI is InChI=1S/C30H35Cl2N3O5S2/c1-5-17-33-30(37)21(3)34(19-22-7-8-23(31)18-28(22)32)29(36)20-35(24-9-11-25(12-10-24)40-6-2)42(38,39)27-15-13-26(41-4)14-16-27/h7-16,18,21H,5-6,17,19-20H2,1-4H3,(H,33,37)/t21-/m1/s1. The molecule has 0 heterocycles. The minimum Gasteiger partial charge on any atom is -0.494 e. The van der Waals surface area contributed by atoms with E-state index in [0.29, 0.717) is 40.9 Å². The molecule has 0 saturated heterocycles. The van der Waals surface area contributed by atoms with Crippen molar-refractivity contribution in [2.75, 3.05) is 30.3 Å². The van der Waals surface area contributed by atoms with E-state index < -0.39 is 28.5 Å². The molecule has 0 bridgehead atoms. The Bertz CT molecular complexity index is 1470. The van der Waals surface area contributed by atoms with Gasteiger partial charge in [-0.3, -0.25) is 13.9 Å². The summed E-state index contributed by atoms with van der Waals surface area (Å²) in [7, 11) is -4.19. The SMILES string of the molecule is CCCNC(=O)[C@@H](C)N(Cc1ccc(Cl)cc1Cl)C(=O)CN(c1ccc(OCC)cc1)S(=O)(=O)c1ccc(SC)cc1. The molecule has 12 heteroatoms. The second kappa shape index (κ2) is 15.5. The molecule has 3 aromatic rings. The predicted molar refractivity (Wildman–Crippen MR) is 170 cm³/mol. The zero-order valence-electron chi connectivity index (χ0n) is 24.0. The Balaban J connectivity index is 2.04. The number of amides is 2. The van der Waals surface area contributed by atoms with E-state index in [1.165, 1.54) is 28.8 Å². The fourth-order valence-electron chi connectivity index (χ4n) is 4.09. The first-order chi connectivity index (χ1) is 20.0. The van der Waals surface area contributed by atoms with Crippen molar-refractivity contribution in [1.29, 1.82) is 0 Å². The van der Waals surface area contributed by atoms with Gasteiger partial charge in [0.05, 0.1) is 17.2 Å². The van der Waals surface area contributed by atoms with Gasteiger partial charge < -0.3 is 15.0 Å². The molecule has 1 atom stereocenters. The Hall–Kier alpha value is -2.92. The fraction of sp³-hybridized carbons (Fsp3) is 0.333. The third-order valence-corrected chi connectivity index (χ3v) is 9.55. The van der Waals surface area contributed by atoms with E-state index in [1.54, 1.807) is 61.5 Å². The molecule has 0 radical (unpaired) electrons. The highest BCUT2D eigenvalue weighted by molar-refractivity contribution is 7.98. The molecular weight excluding hydrogens is 617 g/mol. The summed E-state index contributed by atoms with van der Waals surface area (Å²) in [4.78, 5) is 29.3. The van der Waals surface area contributed by atoms with Gasteiger partial charge in [0.1, 0.15) is 18.3 Å². The molecule has 42 heavy (non-hydrogen) atoms. The van der Waals surface area contributed by atoms with Crippen molar-refractivity contribution in [3.05, 3.63) is 82.3 Å². The maximum atomic E-state index is 14.0. The average molecular weight is 653 g/mol. The van der Waals surface area contributed by atoms with Crippen LogP contribution in [0, 0.1) is 0 Å². The highest BCUT2D eigenvalue weighted by Gasteiger charge is 2.33. The van der Waals surface area contributed by atoms with Crippen LogP contribution in [0.4, 0.5) is 5.69 Å². The number of ether oxygens (including phenoxy) is 1. The van der Waals surface area contributed by atoms with Crippen LogP contribution in [-0.4, -0.2) is 57.1 Å². The molecule has 0 aliphatic carbocycles. The Morgan fingerprint density at radius 1 is 1.00 bits per heavy atom. The van der Waals surface area contributed by atoms with Crippen molar-refractivity contribution in [3.63, 3.8) is 0 Å². The molecule has 226 valence electrons. The number of benzene rings is 3. The maximum Gasteiger partial charge on any atom is 0.264 e. The van der Waals surface area contributed by atoms with Crippen molar-refractivity contribution in [2.24, 2.45) is 0 Å². The van der Waals surface area contributed by atoms with Crippen LogP contribution in [-0.2, 0) is 26.2 Å². The van der Waals surface area contributed by atoms with E-state index in [0.717, 1.165) is 9.20 Å². The molecule has 0 aromatic heterocycles. The van der Waals surface area contributed by atoms with Crippen molar-refractivity contribution in [3.8, 4) is 5.75 Å². The van der Waals surface area contributed by atoms with Crippen molar-refractivity contribution in [1.82, 2.24) is 10.2 Å². The van der Waals surface area contributed by atoms with Gasteiger partial charge in [0.15, 0.2) is 0 Å². The first-order valence-electron chi connectivity index (χ1n) is 13.4. The number of hydrogen-bond acceptors (Lipinski definition) is 6. The van der Waals surface area contributed by atoms with E-state index in [-0.39, 0.29) is 23.0 Å². The summed E-state index contributed by atoms with van der Waals surface area (Å²) in [6.07, 6.45) is 2.61. The number of carbonyl (C=O) groups is 2. The first kappa shape index (κ1) is 33.6. The van der Waals surface area contributed by atoms with Gasteiger partial charge in [0.25, 0.3) is 10.0 Å². The second-order valence-corrected chi connectivity index (χ2v) is 12.9. The molecule has 8 nitrogen and oxygen atoms in total. The molecule has 0 aliphatic rings. The van der Waals surface area contributed by atoms with Gasteiger partial charge in [-0.25, -0.2) is 8.42 Å². The summed E-state index contributed by atoms with van der Waals surface area (Å²) in [5.41, 5.74) is 0.834. The summed E-state index contributed by atoms with van der Waals surface area (Å²) in [5, 5.41) is 3.56. The van der Waals surface area contributed by atoms with Gasteiger partial charge in [0, 0.05) is 28.0 Å². The Kier molecular flexibility index (Phi) is 12.4. The molecule has 3 rings (SSSR count). The Morgan fingerprint density at radius 2 is 1.67 bits per heavy atom. The number of halogens is 2. The molecular formula is C30H35Cl2N3O5S2. The van der Waals surface area contributed by atoms with E-state index in [1.807, 2.05) is 20.1 Å². The van der Waals surface area contributed by atoms with Crippen LogP contribution < -0.4 is 14.4 Å². The fourth-order valence-corrected chi connectivity index (χ4v) is 6.38. The van der Waals surface area contributed by atoms with Crippen LogP contribution in [0.3, 0.4) is 0 Å². The minimum atomic E-state index is -4.19. The van der Waals surface area contributed by atoms with E-state index >= 15 is 0 Å². The minimum absolute atomic E-state index is 0.0306. The summed E-state index contributed by atoms with van der Waals surface area (Å²) < 4.78 is 34.6. The lowest BCUT2D eigenvalue weighted by Gasteiger charge is -2.32. The molecule has 0 unspecified atom stereocenters. The van der Waals surface area contributed by atoms with Crippen LogP contribution >= 0.6 is 35.0 Å². The van der Waals surface area contributed by atoms with Gasteiger partial charge in [-0.15, -0.1) is 11.8 Å². The highest BCUT2D eigenvalue weighted by atomic mass is 35.5. The molecule has 0 aliphatic heterocycles. The summed E-state index contributed by atoms with van der Waals surface area (Å²) in [6.45, 7) is 5.66. The van der Waals surface area contributed by atoms with Crippen molar-refractivity contribution >= 4 is 62.5 Å². The van der Waals surface area contributed by atoms with Crippen molar-refractivity contribution < 1.29 is 22.7 Å². The predicted octanol–water partition coefficient (Wildman–Crippen LogP) is 6.25. The zero-order chi connectivity index (χ0) is 30.9. The maximum absolute atomic E-state index is 14.0. The summed E-state index contributed by atoms with van der Waals surface area (Å²) >= 11 is 14.0. The molecule has 0 saturated carbocycles. The Morgan fingerprint density at radius 3 is 2.24 bits per heavy atom. The third kappa shape index (κ3) is 8.56. The second-order valence-electron chi connectivity index (χ2n) is 9.34. The number of thioether (sulfide) groups is 1. The van der Waals surface area contributed by atoms with Gasteiger partial charge >= 0.3 is 0 Å². The largest absolute Gasteiger partial charge is 0.494 e. The molecule has 1 N–H and O–H groups in total. The number of rotatable bonds is 14. The first-order valence-corrected chi connectivity index (χ1v) is 16.8. The number of nitrogens with one attached hydrogen (secondary N) is 1. The van der Waals surface area contributed by atoms with Crippen LogP contribution in [0.25, 0.3) is 0 Å². The number of nitrogens with zero attached hydrogens (tertiary/aromatic N) is 2. The monoisotopic (exact) mass is 651 g/mol. The molecule has 0 spiro atoms. The molecule has 0 fully saturated rings. The topological polar surface area (TPSA) is 96.0 Å². The number of hydrogen-bond donors (Lipinski definition) is 1. The summed E-state index contributed by atoms with van der Waals surface area (Å²) in [5.74, 6) is -0.383. The molecule has 2 amide bonds. The highest BCUT2D eigenvalue weighted by Crippen LogP contribution is 2.28. The van der Waals surface area contributed by atoms with E-state index in [9.17, 15) is 18.0 Å². The van der Waals surface area contributed by atoms with Gasteiger partial charge in [0.2, 0.25) is 11.8 Å². The van der Waals surface area contributed by atoms with Gasteiger partial charge in [-0.2, -0.15) is 0 Å². The zero-order valence-corrected chi connectivity index (χ0v) is 27.1. The lowest BCUT2D eigenvalue weighted by atomic mass is 10.1. The van der Waals surface area contributed by atoms with Crippen LogP contribution in [0.15, 0.2) is 76.5 Å². The van der Waals surface area contributed by atoms with Crippen LogP contribution in [0.1, 0.15) is 32.8 Å². The Labute approximate surface area is 262 Å². The average Bonchev–Trinajstić information content (AvgIpc) is 2.98. The van der Waals surface area contributed by atoms with Gasteiger partial charge in [-0.05, 0) is 92.8 Å². The van der Waals surface area contributed by atoms with E-state index in [4.69, 9.17) is 27.9 Å². The third-order valence-electron chi connectivity index (χ3n) is 6.43. The lowest BCUT2D eigenvalue weighted by Crippen LogP contribution is -2.51. The summed E-state index contributed by atoms with van der Waals surface area (Å²) in [6, 6.07) is 16.9. The smallest absolute Gasteiger partial charge is 0.264 e. The van der Waals surface area contributed by atoms with Gasteiger partial charge in [-0.1, -0.05) is 36.2 Å². The molecule has 3 aromatic carbocycles. The number of sulfonamides is 1. The quantitative estimate of drug-likeness (QED) is 0.207. The number of carbonyl (C=O) groups excluding carboxylic acids is 2. The lowest BCUT2D eigenvalue weighted by molar-refractivity contribution is -0.139. The van der Waals surface area contributed by atoms with Crippen molar-refractivity contribution in [2.45, 2.75) is 49.6 Å². The van der Waals surface area contributed by atoms with Crippen LogP contribution in [0.2, 0.25) is 10.0 Å². The normalized spacial score (nSPS) is 12.0.